The standard InChI is InChI=1S/C15H18N2/c1-3-4-12-5-7-13(8-6-12)15-14(16)11(2)9-10-17-15/h5-10H,3-4,16H2,1-2H3. The van der Waals surface area contributed by atoms with E-state index in [0.717, 1.165) is 28.9 Å². The van der Waals surface area contributed by atoms with Crippen LogP contribution in [0.25, 0.3) is 11.3 Å². The first kappa shape index (κ1) is 11.6. The summed E-state index contributed by atoms with van der Waals surface area (Å²) in [6.45, 7) is 4.19. The predicted octanol–water partition coefficient (Wildman–Crippen LogP) is 3.59. The van der Waals surface area contributed by atoms with Crippen LogP contribution in [0.1, 0.15) is 24.5 Å². The lowest BCUT2D eigenvalue weighted by molar-refractivity contribution is 0.922. The Morgan fingerprint density at radius 3 is 2.47 bits per heavy atom. The van der Waals surface area contributed by atoms with Crippen LogP contribution in [0.4, 0.5) is 5.69 Å². The second-order valence-electron chi connectivity index (χ2n) is 4.34. The minimum atomic E-state index is 0.774. The summed E-state index contributed by atoms with van der Waals surface area (Å²) in [5.74, 6) is 0. The normalized spacial score (nSPS) is 10.5. The molecule has 0 unspecified atom stereocenters. The highest BCUT2D eigenvalue weighted by Gasteiger charge is 2.05. The van der Waals surface area contributed by atoms with Gasteiger partial charge in [-0.1, -0.05) is 37.6 Å². The Kier molecular flexibility index (Phi) is 3.43. The second kappa shape index (κ2) is 5.00. The number of anilines is 1. The van der Waals surface area contributed by atoms with E-state index < -0.39 is 0 Å². The quantitative estimate of drug-likeness (QED) is 0.868. The molecule has 0 bridgehead atoms. The van der Waals surface area contributed by atoms with Crippen molar-refractivity contribution >= 4 is 5.69 Å². The fourth-order valence-corrected chi connectivity index (χ4v) is 1.92. The molecular weight excluding hydrogens is 208 g/mol. The summed E-state index contributed by atoms with van der Waals surface area (Å²) in [6, 6.07) is 10.4. The fraction of sp³-hybridized carbons (Fsp3) is 0.267. The van der Waals surface area contributed by atoms with E-state index in [9.17, 15) is 0 Å². The van der Waals surface area contributed by atoms with Gasteiger partial charge in [0.2, 0.25) is 0 Å². The average Bonchev–Trinajstić information content (AvgIpc) is 2.34. The molecule has 2 heteroatoms. The number of rotatable bonds is 3. The first-order valence-corrected chi connectivity index (χ1v) is 6.02. The maximum atomic E-state index is 6.05. The number of hydrogen-bond acceptors (Lipinski definition) is 2. The largest absolute Gasteiger partial charge is 0.397 e. The Labute approximate surface area is 103 Å². The third-order valence-electron chi connectivity index (χ3n) is 2.97. The second-order valence-corrected chi connectivity index (χ2v) is 4.34. The summed E-state index contributed by atoms with van der Waals surface area (Å²) in [6.07, 6.45) is 4.10. The van der Waals surface area contributed by atoms with Gasteiger partial charge in [-0.25, -0.2) is 0 Å². The first-order chi connectivity index (χ1) is 8.22. The molecule has 1 aromatic carbocycles. The number of aryl methyl sites for hydroxylation is 2. The summed E-state index contributed by atoms with van der Waals surface area (Å²) in [7, 11) is 0. The van der Waals surface area contributed by atoms with Crippen molar-refractivity contribution in [2.24, 2.45) is 0 Å². The molecule has 0 fully saturated rings. The molecule has 0 saturated heterocycles. The van der Waals surface area contributed by atoms with Crippen LogP contribution in [-0.4, -0.2) is 4.98 Å². The lowest BCUT2D eigenvalue weighted by atomic mass is 10.0. The van der Waals surface area contributed by atoms with E-state index in [-0.39, 0.29) is 0 Å². The van der Waals surface area contributed by atoms with Gasteiger partial charge in [-0.2, -0.15) is 0 Å². The molecule has 0 radical (unpaired) electrons. The average molecular weight is 226 g/mol. The maximum Gasteiger partial charge on any atom is 0.0933 e. The van der Waals surface area contributed by atoms with Crippen LogP contribution in [-0.2, 0) is 6.42 Å². The van der Waals surface area contributed by atoms with E-state index in [1.165, 1.54) is 12.0 Å². The third-order valence-corrected chi connectivity index (χ3v) is 2.97. The molecule has 0 aliphatic rings. The van der Waals surface area contributed by atoms with Crippen LogP contribution in [0.3, 0.4) is 0 Å². The number of pyridine rings is 1. The van der Waals surface area contributed by atoms with Gasteiger partial charge in [0, 0.05) is 11.8 Å². The first-order valence-electron chi connectivity index (χ1n) is 6.02. The Bertz CT molecular complexity index is 501. The molecule has 2 N–H and O–H groups in total. The van der Waals surface area contributed by atoms with Crippen LogP contribution in [0.5, 0.6) is 0 Å². The van der Waals surface area contributed by atoms with Crippen molar-refractivity contribution < 1.29 is 0 Å². The molecule has 2 rings (SSSR count). The summed E-state index contributed by atoms with van der Waals surface area (Å²) < 4.78 is 0. The minimum Gasteiger partial charge on any atom is -0.397 e. The summed E-state index contributed by atoms with van der Waals surface area (Å²) in [5, 5.41) is 0. The highest BCUT2D eigenvalue weighted by molar-refractivity contribution is 5.74. The van der Waals surface area contributed by atoms with E-state index in [0.29, 0.717) is 0 Å². The zero-order chi connectivity index (χ0) is 12.3. The number of hydrogen-bond donors (Lipinski definition) is 1. The van der Waals surface area contributed by atoms with Gasteiger partial charge in [0.25, 0.3) is 0 Å². The van der Waals surface area contributed by atoms with Crippen LogP contribution >= 0.6 is 0 Å². The van der Waals surface area contributed by atoms with E-state index >= 15 is 0 Å². The van der Waals surface area contributed by atoms with E-state index in [1.54, 1.807) is 6.20 Å². The molecule has 0 saturated carbocycles. The Morgan fingerprint density at radius 2 is 1.82 bits per heavy atom. The lowest BCUT2D eigenvalue weighted by Gasteiger charge is -2.08. The molecule has 0 aliphatic carbocycles. The summed E-state index contributed by atoms with van der Waals surface area (Å²) >= 11 is 0. The van der Waals surface area contributed by atoms with Crippen molar-refractivity contribution in [2.45, 2.75) is 26.7 Å². The molecular formula is C15H18N2. The van der Waals surface area contributed by atoms with Crippen molar-refractivity contribution in [3.63, 3.8) is 0 Å². The van der Waals surface area contributed by atoms with Crippen LogP contribution in [0.2, 0.25) is 0 Å². The fourth-order valence-electron chi connectivity index (χ4n) is 1.92. The van der Waals surface area contributed by atoms with Gasteiger partial charge < -0.3 is 5.73 Å². The molecule has 0 amide bonds. The Hall–Kier alpha value is -1.83. The van der Waals surface area contributed by atoms with Crippen molar-refractivity contribution in [2.75, 3.05) is 5.73 Å². The molecule has 1 heterocycles. The monoisotopic (exact) mass is 226 g/mol. The third kappa shape index (κ3) is 2.47. The SMILES string of the molecule is CCCc1ccc(-c2nccc(C)c2N)cc1. The molecule has 0 spiro atoms. The number of nitrogens with zero attached hydrogens (tertiary/aromatic N) is 1. The topological polar surface area (TPSA) is 38.9 Å². The molecule has 17 heavy (non-hydrogen) atoms. The van der Waals surface area contributed by atoms with Crippen LogP contribution < -0.4 is 5.73 Å². The molecule has 0 aliphatic heterocycles. The smallest absolute Gasteiger partial charge is 0.0933 e. The van der Waals surface area contributed by atoms with Gasteiger partial charge in [0.1, 0.15) is 0 Å². The van der Waals surface area contributed by atoms with Gasteiger partial charge in [-0.3, -0.25) is 4.98 Å². The molecule has 88 valence electrons. The van der Waals surface area contributed by atoms with Crippen LogP contribution in [0, 0.1) is 6.92 Å². The Morgan fingerprint density at radius 1 is 1.12 bits per heavy atom. The molecule has 1 aromatic heterocycles. The number of aromatic nitrogens is 1. The number of nitrogen functional groups attached to an aromatic ring is 1. The number of benzene rings is 1. The Balaban J connectivity index is 2.36. The van der Waals surface area contributed by atoms with E-state index in [2.05, 4.69) is 36.2 Å². The van der Waals surface area contributed by atoms with Gasteiger partial charge >= 0.3 is 0 Å². The summed E-state index contributed by atoms with van der Waals surface area (Å²) in [4.78, 5) is 4.36. The highest BCUT2D eigenvalue weighted by atomic mass is 14.7. The van der Waals surface area contributed by atoms with Gasteiger partial charge in [0.05, 0.1) is 11.4 Å². The van der Waals surface area contributed by atoms with Crippen molar-refractivity contribution in [3.05, 3.63) is 47.7 Å². The van der Waals surface area contributed by atoms with E-state index in [4.69, 9.17) is 5.73 Å². The maximum absolute atomic E-state index is 6.05. The molecule has 2 nitrogen and oxygen atoms in total. The zero-order valence-corrected chi connectivity index (χ0v) is 10.4. The van der Waals surface area contributed by atoms with Crippen LogP contribution in [0.15, 0.2) is 36.5 Å². The van der Waals surface area contributed by atoms with Crippen molar-refractivity contribution in [1.29, 1.82) is 0 Å². The highest BCUT2D eigenvalue weighted by Crippen LogP contribution is 2.26. The van der Waals surface area contributed by atoms with Crippen molar-refractivity contribution in [3.8, 4) is 11.3 Å². The van der Waals surface area contributed by atoms with Gasteiger partial charge in [-0.15, -0.1) is 0 Å². The zero-order valence-electron chi connectivity index (χ0n) is 10.4. The predicted molar refractivity (Wildman–Crippen MR) is 72.8 cm³/mol. The number of nitrogens with two attached hydrogens (primary N) is 1. The van der Waals surface area contributed by atoms with E-state index in [1.807, 2.05) is 13.0 Å². The summed E-state index contributed by atoms with van der Waals surface area (Å²) in [5.41, 5.74) is 11.2. The van der Waals surface area contributed by atoms with Gasteiger partial charge in [0.15, 0.2) is 0 Å². The lowest BCUT2D eigenvalue weighted by Crippen LogP contribution is -1.96. The van der Waals surface area contributed by atoms with Gasteiger partial charge in [-0.05, 0) is 30.5 Å². The molecule has 0 atom stereocenters. The van der Waals surface area contributed by atoms with Crippen molar-refractivity contribution in [1.82, 2.24) is 4.98 Å². The minimum absolute atomic E-state index is 0.774. The molecule has 2 aromatic rings.